The van der Waals surface area contributed by atoms with Gasteiger partial charge in [0.15, 0.2) is 0 Å². The van der Waals surface area contributed by atoms with E-state index in [1.807, 2.05) is 106 Å². The topological polar surface area (TPSA) is 159 Å². The van der Waals surface area contributed by atoms with Crippen LogP contribution in [0.2, 0.25) is 51.4 Å². The highest BCUT2D eigenvalue weighted by molar-refractivity contribution is 6.76. The average Bonchev–Trinajstić information content (AvgIpc) is 4.05. The van der Waals surface area contributed by atoms with Gasteiger partial charge in [-0.15, -0.1) is 0 Å². The molecule has 0 spiro atoms. The van der Waals surface area contributed by atoms with Crippen molar-refractivity contribution in [3.8, 4) is 33.8 Å². The summed E-state index contributed by atoms with van der Waals surface area (Å²) >= 11 is 0. The number of nitrogens with one attached hydrogen (secondary N) is 1. The summed E-state index contributed by atoms with van der Waals surface area (Å²) in [5.74, 6) is 1.50. The van der Waals surface area contributed by atoms with Crippen LogP contribution in [0.1, 0.15) is 91.0 Å². The van der Waals surface area contributed by atoms with Gasteiger partial charge in [0.2, 0.25) is 0 Å². The van der Waals surface area contributed by atoms with Crippen molar-refractivity contribution in [3.05, 3.63) is 76.9 Å². The molecule has 0 radical (unpaired) electrons. The third-order valence-electron chi connectivity index (χ3n) is 11.9. The van der Waals surface area contributed by atoms with E-state index in [2.05, 4.69) is 44.3 Å². The maximum Gasteiger partial charge on any atom is 0.410 e. The van der Waals surface area contributed by atoms with Crippen LogP contribution in [0.15, 0.2) is 59.7 Å². The van der Waals surface area contributed by atoms with E-state index in [-0.39, 0.29) is 29.8 Å². The summed E-state index contributed by atoms with van der Waals surface area (Å²) in [4.78, 5) is 62.2. The number of carbonyl (C=O) groups is 2. The third-order valence-corrected chi connectivity index (χ3v) is 15.3. The molecule has 2 saturated heterocycles. The fraction of sp³-hybridized carbons (Fsp3) is 0.560. The minimum absolute atomic E-state index is 0.248. The summed E-state index contributed by atoms with van der Waals surface area (Å²) < 4.78 is 28.0. The normalized spacial score (nSPS) is 17.2. The number of H-pyrrole nitrogens is 1. The molecule has 2 aliphatic heterocycles. The predicted octanol–water partition coefficient (Wildman–Crippen LogP) is 11.1. The zero-order valence-electron chi connectivity index (χ0n) is 41.8. The quantitative estimate of drug-likeness (QED) is 0.0790. The SMILES string of the molecule is CC(C)(C)OC(=O)N1CCCC1c1nc(-c2ccc(-c3nc4ccc(-c5cn(COCC[Si](C)(C)C)c(C6CCCN6C(=O)OC(C)(C)C)n5)cc4[nH]c3=O)cc2)cn1COCC[Si](C)(C)C. The molecular formula is C50H72N8O7Si2. The van der Waals surface area contributed by atoms with Crippen molar-refractivity contribution in [1.29, 1.82) is 0 Å². The van der Waals surface area contributed by atoms with Crippen LogP contribution in [0.5, 0.6) is 0 Å². The lowest BCUT2D eigenvalue weighted by Gasteiger charge is -2.28. The number of aromatic nitrogens is 6. The minimum atomic E-state index is -1.30. The van der Waals surface area contributed by atoms with Crippen molar-refractivity contribution >= 4 is 39.4 Å². The van der Waals surface area contributed by atoms with Crippen LogP contribution in [0.4, 0.5) is 9.59 Å². The Morgan fingerprint density at radius 2 is 1.10 bits per heavy atom. The molecule has 1 N–H and O–H groups in total. The number of imidazole rings is 2. The highest BCUT2D eigenvalue weighted by Gasteiger charge is 2.38. The molecule has 7 rings (SSSR count). The van der Waals surface area contributed by atoms with E-state index in [1.165, 1.54) is 0 Å². The van der Waals surface area contributed by atoms with Gasteiger partial charge in [-0.25, -0.2) is 24.5 Å². The first-order valence-corrected chi connectivity index (χ1v) is 31.3. The Kier molecular flexibility index (Phi) is 14.8. The number of fused-ring (bicyclic) bond motifs is 1. The molecule has 5 heterocycles. The van der Waals surface area contributed by atoms with Crippen LogP contribution in [0.25, 0.3) is 44.8 Å². The lowest BCUT2D eigenvalue weighted by atomic mass is 10.1. The Morgan fingerprint density at radius 3 is 1.57 bits per heavy atom. The molecule has 0 bridgehead atoms. The Morgan fingerprint density at radius 1 is 0.657 bits per heavy atom. The molecule has 2 atom stereocenters. The van der Waals surface area contributed by atoms with Gasteiger partial charge in [0.05, 0.1) is 34.5 Å². The molecule has 362 valence electrons. The fourth-order valence-corrected chi connectivity index (χ4v) is 9.86. The molecule has 15 nitrogen and oxygen atoms in total. The van der Waals surface area contributed by atoms with Crippen LogP contribution in [-0.2, 0) is 32.4 Å². The van der Waals surface area contributed by atoms with E-state index in [0.717, 1.165) is 66.2 Å². The van der Waals surface area contributed by atoms with Crippen molar-refractivity contribution in [2.75, 3.05) is 26.3 Å². The summed E-state index contributed by atoms with van der Waals surface area (Å²) in [7, 11) is -2.60. The van der Waals surface area contributed by atoms with E-state index in [9.17, 15) is 14.4 Å². The Bertz CT molecular complexity index is 2600. The van der Waals surface area contributed by atoms with E-state index >= 15 is 0 Å². The summed E-state index contributed by atoms with van der Waals surface area (Å²) in [5, 5.41) is 0. The highest BCUT2D eigenvalue weighted by Crippen LogP contribution is 2.37. The van der Waals surface area contributed by atoms with Gasteiger partial charge < -0.3 is 33.1 Å². The molecule has 2 amide bonds. The monoisotopic (exact) mass is 953 g/mol. The molecule has 2 unspecified atom stereocenters. The summed E-state index contributed by atoms with van der Waals surface area (Å²) in [6, 6.07) is 15.0. The number of hydrogen-bond acceptors (Lipinski definition) is 10. The standard InChI is InChI=1S/C50H72N8O7Si2/c1-49(2,3)64-47(60)57-23-13-15-41(57)44-52-39(30-55(44)32-62-25-27-66(7,8)9)34-17-19-35(20-18-34)43-46(59)54-38-29-36(21-22-37(38)51-43)40-31-56(33-63-26-28-67(10,11)12)45(53-40)42-16-14-24-58(42)48(61)65-50(4,5)6/h17-22,29-31,41-42H,13-16,23-28,32-33H2,1-12H3,(H,54,59). The van der Waals surface area contributed by atoms with E-state index < -0.39 is 27.3 Å². The van der Waals surface area contributed by atoms with Gasteiger partial charge in [-0.1, -0.05) is 69.6 Å². The molecule has 5 aromatic rings. The van der Waals surface area contributed by atoms with Crippen LogP contribution in [-0.4, -0.2) is 105 Å². The number of nitrogens with zero attached hydrogens (tertiary/aromatic N) is 7. The van der Waals surface area contributed by atoms with Crippen LogP contribution >= 0.6 is 0 Å². The first kappa shape index (κ1) is 49.8. The molecule has 0 saturated carbocycles. The first-order valence-electron chi connectivity index (χ1n) is 23.9. The van der Waals surface area contributed by atoms with Gasteiger partial charge >= 0.3 is 12.2 Å². The number of likely N-dealkylation sites (tertiary alicyclic amines) is 2. The van der Waals surface area contributed by atoms with E-state index in [0.29, 0.717) is 67.7 Å². The van der Waals surface area contributed by atoms with Gasteiger partial charge in [-0.05, 0) is 91.4 Å². The number of rotatable bonds is 15. The zero-order chi connectivity index (χ0) is 48.5. The molecule has 67 heavy (non-hydrogen) atoms. The number of carbonyl (C=O) groups excluding carboxylic acids is 2. The Balaban J connectivity index is 1.14. The first-order chi connectivity index (χ1) is 31.4. The fourth-order valence-electron chi connectivity index (χ4n) is 8.35. The average molecular weight is 953 g/mol. The Labute approximate surface area is 397 Å². The highest BCUT2D eigenvalue weighted by atomic mass is 28.3. The lowest BCUT2D eigenvalue weighted by Crippen LogP contribution is -2.37. The molecule has 0 aliphatic carbocycles. The number of ether oxygens (including phenoxy) is 4. The maximum absolute atomic E-state index is 13.8. The van der Waals surface area contributed by atoms with Gasteiger partial charge in [-0.2, -0.15) is 0 Å². The van der Waals surface area contributed by atoms with Crippen molar-refractivity contribution in [1.82, 2.24) is 38.9 Å². The molecule has 3 aromatic heterocycles. The number of hydrogen-bond donors (Lipinski definition) is 1. The molecular weight excluding hydrogens is 881 g/mol. The second-order valence-electron chi connectivity index (χ2n) is 22.5. The minimum Gasteiger partial charge on any atom is -0.444 e. The van der Waals surface area contributed by atoms with Crippen molar-refractivity contribution in [2.24, 2.45) is 0 Å². The van der Waals surface area contributed by atoms with Crippen molar-refractivity contribution in [2.45, 2.75) is 155 Å². The van der Waals surface area contributed by atoms with Gasteiger partial charge in [0.1, 0.15) is 42.0 Å². The largest absolute Gasteiger partial charge is 0.444 e. The van der Waals surface area contributed by atoms with Crippen LogP contribution in [0, 0.1) is 0 Å². The summed E-state index contributed by atoms with van der Waals surface area (Å²) in [6.07, 6.45) is 6.49. The second-order valence-corrected chi connectivity index (χ2v) is 33.7. The maximum atomic E-state index is 13.8. The lowest BCUT2D eigenvalue weighted by molar-refractivity contribution is 0.0194. The number of benzene rings is 2. The Hall–Kier alpha value is -5.11. The van der Waals surface area contributed by atoms with Crippen LogP contribution < -0.4 is 5.56 Å². The number of aromatic amines is 1. The van der Waals surface area contributed by atoms with Crippen molar-refractivity contribution in [3.63, 3.8) is 0 Å². The molecule has 2 fully saturated rings. The third kappa shape index (κ3) is 12.9. The van der Waals surface area contributed by atoms with E-state index in [1.54, 1.807) is 9.80 Å². The number of amides is 2. The van der Waals surface area contributed by atoms with Gasteiger partial charge in [0, 0.05) is 71.5 Å². The second kappa shape index (κ2) is 19.9. The van der Waals surface area contributed by atoms with Crippen LogP contribution in [0.3, 0.4) is 0 Å². The van der Waals surface area contributed by atoms with Gasteiger partial charge in [0.25, 0.3) is 5.56 Å². The van der Waals surface area contributed by atoms with Crippen molar-refractivity contribution < 1.29 is 28.5 Å². The smallest absolute Gasteiger partial charge is 0.410 e. The zero-order valence-corrected chi connectivity index (χ0v) is 43.8. The van der Waals surface area contributed by atoms with E-state index in [4.69, 9.17) is 33.9 Å². The summed E-state index contributed by atoms with van der Waals surface area (Å²) in [6.45, 7) is 28.4. The van der Waals surface area contributed by atoms with Gasteiger partial charge in [-0.3, -0.25) is 14.6 Å². The predicted molar refractivity (Wildman–Crippen MR) is 268 cm³/mol. The molecule has 17 heteroatoms. The molecule has 2 aliphatic rings. The summed E-state index contributed by atoms with van der Waals surface area (Å²) in [5.41, 5.74) is 3.75. The molecule has 2 aromatic carbocycles.